The number of amides is 1. The Morgan fingerprint density at radius 1 is 1.21 bits per heavy atom. The lowest BCUT2D eigenvalue weighted by Gasteiger charge is -2.10. The number of nitrogens with zero attached hydrogens (tertiary/aromatic N) is 3. The maximum atomic E-state index is 12.5. The quantitative estimate of drug-likeness (QED) is 0.504. The molecule has 0 spiro atoms. The molecular formula is C19H17N5O4S. The van der Waals surface area contributed by atoms with Gasteiger partial charge >= 0.3 is 0 Å². The van der Waals surface area contributed by atoms with Crippen LogP contribution in [0.15, 0.2) is 46.6 Å². The number of benzene rings is 1. The van der Waals surface area contributed by atoms with Crippen LogP contribution < -0.4 is 20.3 Å². The first-order valence-corrected chi connectivity index (χ1v) is 9.50. The van der Waals surface area contributed by atoms with Crippen molar-refractivity contribution in [2.24, 2.45) is 0 Å². The van der Waals surface area contributed by atoms with E-state index in [1.165, 1.54) is 30.1 Å². The minimum Gasteiger partial charge on any atom is -0.493 e. The molecule has 3 heterocycles. The van der Waals surface area contributed by atoms with Crippen LogP contribution in [0, 0.1) is 0 Å². The lowest BCUT2D eigenvalue weighted by atomic mass is 10.2. The van der Waals surface area contributed by atoms with Gasteiger partial charge in [0.05, 0.1) is 25.5 Å². The second-order valence-electron chi connectivity index (χ2n) is 6.07. The van der Waals surface area contributed by atoms with Gasteiger partial charge in [-0.1, -0.05) is 6.07 Å². The Morgan fingerprint density at radius 2 is 2.03 bits per heavy atom. The number of H-pyrrole nitrogens is 1. The lowest BCUT2D eigenvalue weighted by molar-refractivity contribution is -0.115. The number of hydrogen-bond donors (Lipinski definition) is 2. The number of anilines is 1. The summed E-state index contributed by atoms with van der Waals surface area (Å²) in [5.74, 6) is 1.07. The Hall–Kier alpha value is -3.66. The van der Waals surface area contributed by atoms with Crippen molar-refractivity contribution in [1.29, 1.82) is 0 Å². The molecule has 9 nitrogen and oxygen atoms in total. The zero-order chi connectivity index (χ0) is 20.4. The monoisotopic (exact) mass is 411 g/mol. The average Bonchev–Trinajstić information content (AvgIpc) is 3.40. The molecule has 10 heteroatoms. The highest BCUT2D eigenvalue weighted by molar-refractivity contribution is 7.13. The van der Waals surface area contributed by atoms with Gasteiger partial charge in [-0.25, -0.2) is 9.61 Å². The van der Waals surface area contributed by atoms with Crippen molar-refractivity contribution in [3.05, 3.63) is 58.0 Å². The van der Waals surface area contributed by atoms with Crippen molar-refractivity contribution in [3.63, 3.8) is 0 Å². The normalized spacial score (nSPS) is 10.8. The molecule has 2 N–H and O–H groups in total. The number of nitrogens with one attached hydrogen (secondary N) is 2. The van der Waals surface area contributed by atoms with Gasteiger partial charge in [-0.05, 0) is 29.6 Å². The van der Waals surface area contributed by atoms with Crippen molar-refractivity contribution in [3.8, 4) is 22.1 Å². The molecule has 0 bridgehead atoms. The molecule has 148 valence electrons. The first kappa shape index (κ1) is 18.7. The summed E-state index contributed by atoms with van der Waals surface area (Å²) in [5.41, 5.74) is 1.16. The number of aromatic nitrogens is 4. The van der Waals surface area contributed by atoms with Crippen molar-refractivity contribution in [2.75, 3.05) is 19.5 Å². The molecular weight excluding hydrogens is 394 g/mol. The number of methoxy groups -OCH3 is 2. The van der Waals surface area contributed by atoms with Crippen molar-refractivity contribution in [2.45, 2.75) is 6.42 Å². The predicted octanol–water partition coefficient (Wildman–Crippen LogP) is 2.34. The van der Waals surface area contributed by atoms with Crippen LogP contribution in [-0.2, 0) is 11.2 Å². The Kier molecular flexibility index (Phi) is 5.00. The van der Waals surface area contributed by atoms with Gasteiger partial charge < -0.3 is 14.8 Å². The molecule has 0 fully saturated rings. The van der Waals surface area contributed by atoms with Gasteiger partial charge in [-0.2, -0.15) is 10.2 Å². The van der Waals surface area contributed by atoms with E-state index in [9.17, 15) is 9.59 Å². The van der Waals surface area contributed by atoms with Crippen LogP contribution in [0.3, 0.4) is 0 Å². The van der Waals surface area contributed by atoms with Crippen molar-refractivity contribution < 1.29 is 14.3 Å². The van der Waals surface area contributed by atoms with Gasteiger partial charge in [0.1, 0.15) is 11.2 Å². The number of carbonyl (C=O) groups excluding carboxylic acids is 1. The molecule has 1 aromatic carbocycles. The van der Waals surface area contributed by atoms with E-state index in [1.54, 1.807) is 24.3 Å². The zero-order valence-corrected chi connectivity index (χ0v) is 16.4. The fraction of sp³-hybridized carbons (Fsp3) is 0.158. The SMILES string of the molecule is COc1ccc(NC(=O)Cc2n[nH]c(=O)c3cc(-c4cccs4)nn23)cc1OC. The number of rotatable bonds is 6. The number of carbonyl (C=O) groups is 1. The fourth-order valence-corrected chi connectivity index (χ4v) is 3.56. The topological polar surface area (TPSA) is 111 Å². The van der Waals surface area contributed by atoms with Crippen molar-refractivity contribution >= 4 is 28.4 Å². The molecule has 0 unspecified atom stereocenters. The van der Waals surface area contributed by atoms with Crippen LogP contribution >= 0.6 is 11.3 Å². The lowest BCUT2D eigenvalue weighted by Crippen LogP contribution is -2.22. The Morgan fingerprint density at radius 3 is 2.76 bits per heavy atom. The molecule has 0 aliphatic carbocycles. The molecule has 3 aromatic heterocycles. The van der Waals surface area contributed by atoms with Gasteiger partial charge in [0.15, 0.2) is 17.3 Å². The van der Waals surface area contributed by atoms with Crippen LogP contribution in [0.2, 0.25) is 0 Å². The summed E-state index contributed by atoms with van der Waals surface area (Å²) >= 11 is 1.52. The summed E-state index contributed by atoms with van der Waals surface area (Å²) in [6.45, 7) is 0. The van der Waals surface area contributed by atoms with E-state index in [-0.39, 0.29) is 17.9 Å². The minimum absolute atomic E-state index is 0.0762. The Bertz CT molecular complexity index is 1230. The molecule has 1 amide bonds. The first-order chi connectivity index (χ1) is 14.1. The van der Waals surface area contributed by atoms with E-state index in [1.807, 2.05) is 17.5 Å². The Balaban J connectivity index is 1.60. The summed E-state index contributed by atoms with van der Waals surface area (Å²) < 4.78 is 11.8. The molecule has 4 rings (SSSR count). The molecule has 0 saturated carbocycles. The van der Waals surface area contributed by atoms with Crippen LogP contribution in [0.25, 0.3) is 16.1 Å². The van der Waals surface area contributed by atoms with Crippen LogP contribution in [0.1, 0.15) is 5.82 Å². The van der Waals surface area contributed by atoms with Gasteiger partial charge in [0, 0.05) is 11.8 Å². The molecule has 0 saturated heterocycles. The molecule has 29 heavy (non-hydrogen) atoms. The van der Waals surface area contributed by atoms with Crippen LogP contribution in [0.5, 0.6) is 11.5 Å². The second kappa shape index (κ2) is 7.76. The van der Waals surface area contributed by atoms with Gasteiger partial charge in [0.25, 0.3) is 5.56 Å². The molecule has 0 radical (unpaired) electrons. The fourth-order valence-electron chi connectivity index (χ4n) is 2.88. The molecule has 0 atom stereocenters. The third kappa shape index (κ3) is 3.69. The molecule has 0 aliphatic heterocycles. The molecule has 0 aliphatic rings. The van der Waals surface area contributed by atoms with Crippen molar-refractivity contribution in [1.82, 2.24) is 19.8 Å². The predicted molar refractivity (Wildman–Crippen MR) is 109 cm³/mol. The van der Waals surface area contributed by atoms with E-state index in [0.29, 0.717) is 34.2 Å². The number of ether oxygens (including phenoxy) is 2. The second-order valence-corrected chi connectivity index (χ2v) is 7.02. The molecule has 4 aromatic rings. The van der Waals surface area contributed by atoms with Gasteiger partial charge in [0.2, 0.25) is 5.91 Å². The van der Waals surface area contributed by atoms with E-state index in [0.717, 1.165) is 4.88 Å². The third-order valence-electron chi connectivity index (χ3n) is 4.23. The third-order valence-corrected chi connectivity index (χ3v) is 5.12. The standard InChI is InChI=1S/C19H17N5O4S/c1-27-14-6-5-11(8-15(14)28-2)20-18(25)10-17-21-22-19(26)13-9-12(23-24(13)17)16-4-3-7-29-16/h3-9H,10H2,1-2H3,(H,20,25)(H,22,26). The summed E-state index contributed by atoms with van der Waals surface area (Å²) in [5, 5.41) is 15.6. The maximum Gasteiger partial charge on any atom is 0.290 e. The highest BCUT2D eigenvalue weighted by atomic mass is 32.1. The smallest absolute Gasteiger partial charge is 0.290 e. The number of fused-ring (bicyclic) bond motifs is 1. The summed E-state index contributed by atoms with van der Waals surface area (Å²) in [6, 6.07) is 10.6. The largest absolute Gasteiger partial charge is 0.493 e. The van der Waals surface area contributed by atoms with Gasteiger partial charge in [-0.15, -0.1) is 11.3 Å². The zero-order valence-electron chi connectivity index (χ0n) is 15.6. The summed E-state index contributed by atoms with van der Waals surface area (Å²) in [6.07, 6.45) is -0.0762. The highest BCUT2D eigenvalue weighted by Crippen LogP contribution is 2.29. The number of thiophene rings is 1. The van der Waals surface area contributed by atoms with E-state index >= 15 is 0 Å². The maximum absolute atomic E-state index is 12.5. The van der Waals surface area contributed by atoms with Crippen LogP contribution in [0.4, 0.5) is 5.69 Å². The van der Waals surface area contributed by atoms with Gasteiger partial charge in [-0.3, -0.25) is 9.59 Å². The minimum atomic E-state index is -0.371. The Labute approximate surface area is 168 Å². The number of aromatic amines is 1. The van der Waals surface area contributed by atoms with E-state index in [2.05, 4.69) is 20.6 Å². The highest BCUT2D eigenvalue weighted by Gasteiger charge is 2.15. The summed E-state index contributed by atoms with van der Waals surface area (Å²) in [4.78, 5) is 25.6. The summed E-state index contributed by atoms with van der Waals surface area (Å²) in [7, 11) is 3.06. The van der Waals surface area contributed by atoms with E-state index in [4.69, 9.17) is 9.47 Å². The number of hydrogen-bond acceptors (Lipinski definition) is 7. The van der Waals surface area contributed by atoms with Crippen LogP contribution in [-0.4, -0.2) is 39.9 Å². The van der Waals surface area contributed by atoms with E-state index < -0.39 is 0 Å². The first-order valence-electron chi connectivity index (χ1n) is 8.62. The average molecular weight is 411 g/mol.